The van der Waals surface area contributed by atoms with Gasteiger partial charge in [-0.15, -0.1) is 11.3 Å². The third-order valence-electron chi connectivity index (χ3n) is 3.91. The van der Waals surface area contributed by atoms with Gasteiger partial charge in [0, 0.05) is 11.9 Å². The molecule has 0 spiro atoms. The van der Waals surface area contributed by atoms with Gasteiger partial charge in [0.2, 0.25) is 0 Å². The predicted octanol–water partition coefficient (Wildman–Crippen LogP) is 4.07. The Morgan fingerprint density at radius 1 is 1.43 bits per heavy atom. The molecule has 0 bridgehead atoms. The molecule has 0 aromatic carbocycles. The molecule has 0 saturated carbocycles. The number of aromatic nitrogens is 2. The molecule has 1 N–H and O–H groups in total. The van der Waals surface area contributed by atoms with E-state index in [0.717, 1.165) is 46.3 Å². The summed E-state index contributed by atoms with van der Waals surface area (Å²) in [4.78, 5) is 10.5. The number of aryl methyl sites for hydroxylation is 1. The Bertz CT molecular complexity index is 611. The molecule has 1 aliphatic carbocycles. The van der Waals surface area contributed by atoms with Crippen LogP contribution < -0.4 is 5.32 Å². The highest BCUT2D eigenvalue weighted by Crippen LogP contribution is 2.31. The van der Waals surface area contributed by atoms with Gasteiger partial charge in [0.25, 0.3) is 0 Å². The van der Waals surface area contributed by atoms with Gasteiger partial charge in [-0.3, -0.25) is 0 Å². The summed E-state index contributed by atoms with van der Waals surface area (Å²) in [5, 5.41) is 3.53. The standard InChI is InChI=1S/C16H20BrN3S/c1-2-7-18-9-11-3-4-13-12(8-11)10-19-16(20-13)14-5-6-15(17)21-14/h5-6,10-11,18H,2-4,7-9H2,1H3. The lowest BCUT2D eigenvalue weighted by Gasteiger charge is -2.24. The highest BCUT2D eigenvalue weighted by Gasteiger charge is 2.20. The molecule has 2 aromatic rings. The van der Waals surface area contributed by atoms with E-state index >= 15 is 0 Å². The number of nitrogens with zero attached hydrogens (tertiary/aromatic N) is 2. The van der Waals surface area contributed by atoms with Crippen molar-refractivity contribution in [3.63, 3.8) is 0 Å². The van der Waals surface area contributed by atoms with Crippen molar-refractivity contribution in [1.29, 1.82) is 0 Å². The first-order valence-electron chi connectivity index (χ1n) is 7.57. The van der Waals surface area contributed by atoms with Gasteiger partial charge in [0.1, 0.15) is 0 Å². The Morgan fingerprint density at radius 3 is 3.10 bits per heavy atom. The van der Waals surface area contributed by atoms with Gasteiger partial charge in [0.15, 0.2) is 5.82 Å². The van der Waals surface area contributed by atoms with Crippen molar-refractivity contribution in [3.8, 4) is 10.7 Å². The van der Waals surface area contributed by atoms with Gasteiger partial charge in [0.05, 0.1) is 8.66 Å². The molecule has 0 aliphatic heterocycles. The van der Waals surface area contributed by atoms with Crippen LogP contribution in [-0.2, 0) is 12.8 Å². The van der Waals surface area contributed by atoms with Crippen LogP contribution >= 0.6 is 27.3 Å². The summed E-state index contributed by atoms with van der Waals surface area (Å²) in [6.45, 7) is 4.44. The topological polar surface area (TPSA) is 37.8 Å². The van der Waals surface area contributed by atoms with Crippen LogP contribution in [0.4, 0.5) is 0 Å². The molecule has 1 aliphatic rings. The van der Waals surface area contributed by atoms with Crippen LogP contribution in [0.15, 0.2) is 22.1 Å². The largest absolute Gasteiger partial charge is 0.316 e. The maximum Gasteiger partial charge on any atom is 0.169 e. The Kier molecular flexibility index (Phi) is 5.03. The zero-order chi connectivity index (χ0) is 14.7. The molecule has 3 nitrogen and oxygen atoms in total. The molecular formula is C16H20BrN3S. The maximum absolute atomic E-state index is 4.79. The SMILES string of the molecule is CCCNCC1CCc2nc(-c3ccc(Br)s3)ncc2C1. The van der Waals surface area contributed by atoms with Crippen molar-refractivity contribution in [2.24, 2.45) is 5.92 Å². The fourth-order valence-corrected chi connectivity index (χ4v) is 4.12. The monoisotopic (exact) mass is 365 g/mol. The minimum absolute atomic E-state index is 0.731. The first-order valence-corrected chi connectivity index (χ1v) is 9.18. The van der Waals surface area contributed by atoms with E-state index < -0.39 is 0 Å². The van der Waals surface area contributed by atoms with Crippen molar-refractivity contribution >= 4 is 27.3 Å². The van der Waals surface area contributed by atoms with Crippen molar-refractivity contribution in [2.75, 3.05) is 13.1 Å². The summed E-state index contributed by atoms with van der Waals surface area (Å²) in [5.74, 6) is 1.60. The molecule has 1 atom stereocenters. The van der Waals surface area contributed by atoms with Crippen molar-refractivity contribution in [3.05, 3.63) is 33.4 Å². The molecule has 2 heterocycles. The second-order valence-electron chi connectivity index (χ2n) is 5.58. The summed E-state index contributed by atoms with van der Waals surface area (Å²) in [6, 6.07) is 4.13. The van der Waals surface area contributed by atoms with Gasteiger partial charge >= 0.3 is 0 Å². The van der Waals surface area contributed by atoms with Crippen molar-refractivity contribution < 1.29 is 0 Å². The fourth-order valence-electron chi connectivity index (χ4n) is 2.79. The lowest BCUT2D eigenvalue weighted by Crippen LogP contribution is -2.28. The number of thiophene rings is 1. The predicted molar refractivity (Wildman–Crippen MR) is 91.7 cm³/mol. The minimum atomic E-state index is 0.731. The Morgan fingerprint density at radius 2 is 2.33 bits per heavy atom. The zero-order valence-electron chi connectivity index (χ0n) is 12.2. The van der Waals surface area contributed by atoms with Crippen LogP contribution in [0, 0.1) is 5.92 Å². The first-order chi connectivity index (χ1) is 10.3. The molecule has 3 rings (SSSR count). The molecular weight excluding hydrogens is 346 g/mol. The molecule has 5 heteroatoms. The number of nitrogens with one attached hydrogen (secondary N) is 1. The summed E-state index contributed by atoms with van der Waals surface area (Å²) in [7, 11) is 0. The third kappa shape index (κ3) is 3.71. The quantitative estimate of drug-likeness (QED) is 0.811. The zero-order valence-corrected chi connectivity index (χ0v) is 14.6. The van der Waals surface area contributed by atoms with Gasteiger partial charge in [-0.25, -0.2) is 9.97 Å². The average Bonchev–Trinajstić information content (AvgIpc) is 2.93. The lowest BCUT2D eigenvalue weighted by molar-refractivity contribution is 0.420. The van der Waals surface area contributed by atoms with E-state index in [-0.39, 0.29) is 0 Å². The Hall–Kier alpha value is -0.780. The summed E-state index contributed by atoms with van der Waals surface area (Å²) < 4.78 is 1.13. The minimum Gasteiger partial charge on any atom is -0.316 e. The number of halogens is 1. The second kappa shape index (κ2) is 6.99. The maximum atomic E-state index is 4.79. The highest BCUT2D eigenvalue weighted by atomic mass is 79.9. The molecule has 1 unspecified atom stereocenters. The summed E-state index contributed by atoms with van der Waals surface area (Å²) >= 11 is 5.19. The Balaban J connectivity index is 1.71. The second-order valence-corrected chi connectivity index (χ2v) is 8.05. The van der Waals surface area contributed by atoms with Crippen LogP contribution in [0.1, 0.15) is 31.0 Å². The first kappa shape index (κ1) is 15.1. The van der Waals surface area contributed by atoms with E-state index in [4.69, 9.17) is 4.98 Å². The fraction of sp³-hybridized carbons (Fsp3) is 0.500. The van der Waals surface area contributed by atoms with Gasteiger partial charge in [-0.05, 0) is 78.3 Å². The van der Waals surface area contributed by atoms with E-state index in [1.807, 2.05) is 6.20 Å². The normalized spacial score (nSPS) is 17.7. The van der Waals surface area contributed by atoms with Crippen molar-refractivity contribution in [1.82, 2.24) is 15.3 Å². The van der Waals surface area contributed by atoms with Crippen LogP contribution in [0.2, 0.25) is 0 Å². The van der Waals surface area contributed by atoms with E-state index in [1.165, 1.54) is 24.1 Å². The van der Waals surface area contributed by atoms with Crippen LogP contribution in [0.25, 0.3) is 10.7 Å². The molecule has 21 heavy (non-hydrogen) atoms. The van der Waals surface area contributed by atoms with Gasteiger partial charge in [-0.1, -0.05) is 6.92 Å². The number of fused-ring (bicyclic) bond motifs is 1. The van der Waals surface area contributed by atoms with E-state index in [0.29, 0.717) is 0 Å². The van der Waals surface area contributed by atoms with Crippen LogP contribution in [0.3, 0.4) is 0 Å². The molecule has 0 saturated heterocycles. The summed E-state index contributed by atoms with van der Waals surface area (Å²) in [6.07, 6.45) is 6.66. The third-order valence-corrected chi connectivity index (χ3v) is 5.53. The van der Waals surface area contributed by atoms with Crippen LogP contribution in [0.5, 0.6) is 0 Å². The molecule has 0 fully saturated rings. The number of hydrogen-bond donors (Lipinski definition) is 1. The Labute approximate surface area is 138 Å². The molecule has 2 aromatic heterocycles. The summed E-state index contributed by atoms with van der Waals surface area (Å²) in [5.41, 5.74) is 2.58. The number of hydrogen-bond acceptors (Lipinski definition) is 4. The van der Waals surface area contributed by atoms with Gasteiger partial charge < -0.3 is 5.32 Å². The molecule has 0 radical (unpaired) electrons. The average molecular weight is 366 g/mol. The van der Waals surface area contributed by atoms with Crippen molar-refractivity contribution in [2.45, 2.75) is 32.6 Å². The highest BCUT2D eigenvalue weighted by molar-refractivity contribution is 9.11. The van der Waals surface area contributed by atoms with Gasteiger partial charge in [-0.2, -0.15) is 0 Å². The van der Waals surface area contributed by atoms with Crippen LogP contribution in [-0.4, -0.2) is 23.1 Å². The molecule has 112 valence electrons. The van der Waals surface area contributed by atoms with E-state index in [1.54, 1.807) is 11.3 Å². The van der Waals surface area contributed by atoms with E-state index in [9.17, 15) is 0 Å². The van der Waals surface area contributed by atoms with E-state index in [2.05, 4.69) is 45.3 Å². The lowest BCUT2D eigenvalue weighted by atomic mass is 9.87. The number of rotatable bonds is 5. The smallest absolute Gasteiger partial charge is 0.169 e. The molecule has 0 amide bonds.